The minimum absolute atomic E-state index is 0.0181. The number of ether oxygens (including phenoxy) is 1. The first-order valence-electron chi connectivity index (χ1n) is 5.83. The first-order chi connectivity index (χ1) is 9.13. The summed E-state index contributed by atoms with van der Waals surface area (Å²) in [5.74, 6) is 0.559. The average molecular weight is 256 g/mol. The lowest BCUT2D eigenvalue weighted by atomic mass is 10.0. The van der Waals surface area contributed by atoms with Gasteiger partial charge in [0, 0.05) is 12.1 Å². The molecular weight excluding hydrogens is 244 g/mol. The smallest absolute Gasteiger partial charge is 0.142 e. The number of aromatic hydroxyl groups is 3. The van der Waals surface area contributed by atoms with Crippen LogP contribution in [0.15, 0.2) is 42.5 Å². The Bertz CT molecular complexity index is 644. The molecule has 2 aromatic rings. The fourth-order valence-electron chi connectivity index (χ4n) is 2.07. The topological polar surface area (TPSA) is 69.9 Å². The third-order valence-electron chi connectivity index (χ3n) is 3.02. The molecule has 0 fully saturated rings. The summed E-state index contributed by atoms with van der Waals surface area (Å²) in [6.07, 6.45) is 3.26. The Morgan fingerprint density at radius 3 is 2.37 bits per heavy atom. The van der Waals surface area contributed by atoms with Crippen LogP contribution in [0, 0.1) is 0 Å². The minimum atomic E-state index is -0.311. The van der Waals surface area contributed by atoms with Gasteiger partial charge in [-0.2, -0.15) is 0 Å². The van der Waals surface area contributed by atoms with Crippen molar-refractivity contribution in [1.29, 1.82) is 0 Å². The molecule has 0 radical (unpaired) electrons. The molecule has 3 rings (SSSR count). The summed E-state index contributed by atoms with van der Waals surface area (Å²) in [6, 6.07) is 9.43. The maximum absolute atomic E-state index is 9.71. The summed E-state index contributed by atoms with van der Waals surface area (Å²) in [5.41, 5.74) is 1.43. The Kier molecular flexibility index (Phi) is 2.56. The molecule has 0 saturated heterocycles. The Labute approximate surface area is 109 Å². The first-order valence-corrected chi connectivity index (χ1v) is 5.83. The molecule has 96 valence electrons. The van der Waals surface area contributed by atoms with Gasteiger partial charge in [-0.1, -0.05) is 12.1 Å². The zero-order chi connectivity index (χ0) is 13.4. The number of phenols is 3. The largest absolute Gasteiger partial charge is 0.508 e. The number of rotatable bonds is 1. The van der Waals surface area contributed by atoms with E-state index in [2.05, 4.69) is 0 Å². The van der Waals surface area contributed by atoms with Crippen LogP contribution >= 0.6 is 0 Å². The molecule has 0 saturated carbocycles. The van der Waals surface area contributed by atoms with Crippen LogP contribution < -0.4 is 4.74 Å². The van der Waals surface area contributed by atoms with Crippen LogP contribution in [-0.4, -0.2) is 15.3 Å². The summed E-state index contributed by atoms with van der Waals surface area (Å²) in [6.45, 7) is 0. The molecule has 1 unspecified atom stereocenters. The summed E-state index contributed by atoms with van der Waals surface area (Å²) in [7, 11) is 0. The van der Waals surface area contributed by atoms with E-state index in [0.717, 1.165) is 5.56 Å². The van der Waals surface area contributed by atoms with Gasteiger partial charge in [0.25, 0.3) is 0 Å². The molecule has 0 aliphatic carbocycles. The molecule has 1 heterocycles. The SMILES string of the molecule is Oc1ccc(C2C=Cc3c(O)cc(O)cc3O2)cc1. The lowest BCUT2D eigenvalue weighted by Crippen LogP contribution is -2.08. The highest BCUT2D eigenvalue weighted by Crippen LogP contribution is 2.40. The molecule has 0 amide bonds. The minimum Gasteiger partial charge on any atom is -0.508 e. The third kappa shape index (κ3) is 2.08. The molecule has 1 aliphatic heterocycles. The molecule has 4 heteroatoms. The first kappa shape index (κ1) is 11.5. The van der Waals surface area contributed by atoms with Gasteiger partial charge in [0.05, 0.1) is 5.56 Å². The molecule has 0 bridgehead atoms. The number of fused-ring (bicyclic) bond motifs is 1. The molecule has 0 spiro atoms. The second-order valence-corrected chi connectivity index (χ2v) is 4.37. The van der Waals surface area contributed by atoms with Crippen molar-refractivity contribution in [3.63, 3.8) is 0 Å². The van der Waals surface area contributed by atoms with E-state index in [1.165, 1.54) is 12.1 Å². The zero-order valence-corrected chi connectivity index (χ0v) is 9.95. The van der Waals surface area contributed by atoms with E-state index in [1.807, 2.05) is 6.08 Å². The molecule has 1 atom stereocenters. The zero-order valence-electron chi connectivity index (χ0n) is 9.95. The Morgan fingerprint density at radius 1 is 0.895 bits per heavy atom. The van der Waals surface area contributed by atoms with Crippen LogP contribution in [0.2, 0.25) is 0 Å². The van der Waals surface area contributed by atoms with Crippen molar-refractivity contribution in [2.75, 3.05) is 0 Å². The highest BCUT2D eigenvalue weighted by molar-refractivity contribution is 5.68. The lowest BCUT2D eigenvalue weighted by molar-refractivity contribution is 0.249. The second-order valence-electron chi connectivity index (χ2n) is 4.37. The van der Waals surface area contributed by atoms with Gasteiger partial charge in [-0.05, 0) is 29.8 Å². The number of hydrogen-bond donors (Lipinski definition) is 3. The third-order valence-corrected chi connectivity index (χ3v) is 3.02. The van der Waals surface area contributed by atoms with Gasteiger partial charge in [-0.25, -0.2) is 0 Å². The van der Waals surface area contributed by atoms with Crippen LogP contribution in [0.1, 0.15) is 17.2 Å². The van der Waals surface area contributed by atoms with Crippen LogP contribution in [0.4, 0.5) is 0 Å². The fourth-order valence-corrected chi connectivity index (χ4v) is 2.07. The van der Waals surface area contributed by atoms with E-state index >= 15 is 0 Å². The number of phenolic OH excluding ortho intramolecular Hbond substituents is 3. The molecule has 4 nitrogen and oxygen atoms in total. The van der Waals surface area contributed by atoms with Gasteiger partial charge >= 0.3 is 0 Å². The van der Waals surface area contributed by atoms with E-state index in [0.29, 0.717) is 11.3 Å². The Hall–Kier alpha value is -2.62. The van der Waals surface area contributed by atoms with Gasteiger partial charge in [0.2, 0.25) is 0 Å². The lowest BCUT2D eigenvalue weighted by Gasteiger charge is -2.22. The van der Waals surface area contributed by atoms with Crippen LogP contribution in [0.25, 0.3) is 6.08 Å². The summed E-state index contributed by atoms with van der Waals surface area (Å²) >= 11 is 0. The molecule has 19 heavy (non-hydrogen) atoms. The summed E-state index contributed by atoms with van der Waals surface area (Å²) in [5, 5.41) is 28.4. The van der Waals surface area contributed by atoms with Crippen molar-refractivity contribution in [1.82, 2.24) is 0 Å². The highest BCUT2D eigenvalue weighted by Gasteiger charge is 2.19. The highest BCUT2D eigenvalue weighted by atomic mass is 16.5. The summed E-state index contributed by atoms with van der Waals surface area (Å²) in [4.78, 5) is 0. The average Bonchev–Trinajstić information content (AvgIpc) is 2.38. The Balaban J connectivity index is 1.97. The van der Waals surface area contributed by atoms with Crippen molar-refractivity contribution < 1.29 is 20.1 Å². The van der Waals surface area contributed by atoms with E-state index in [-0.39, 0.29) is 23.4 Å². The monoisotopic (exact) mass is 256 g/mol. The van der Waals surface area contributed by atoms with Crippen molar-refractivity contribution in [3.05, 3.63) is 53.6 Å². The van der Waals surface area contributed by atoms with Gasteiger partial charge in [0.1, 0.15) is 29.1 Å². The normalized spacial score (nSPS) is 16.7. The molecule has 2 aromatic carbocycles. The predicted octanol–water partition coefficient (Wildman–Crippen LogP) is 2.95. The number of hydrogen-bond acceptors (Lipinski definition) is 4. The van der Waals surface area contributed by atoms with E-state index in [9.17, 15) is 15.3 Å². The Morgan fingerprint density at radius 2 is 1.63 bits per heavy atom. The molecular formula is C15H12O4. The van der Waals surface area contributed by atoms with Gasteiger partial charge < -0.3 is 20.1 Å². The number of benzene rings is 2. The molecule has 1 aliphatic rings. The van der Waals surface area contributed by atoms with Gasteiger partial charge in [0.15, 0.2) is 0 Å². The van der Waals surface area contributed by atoms with Crippen molar-refractivity contribution >= 4 is 6.08 Å². The maximum Gasteiger partial charge on any atom is 0.142 e. The van der Waals surface area contributed by atoms with Crippen LogP contribution in [0.3, 0.4) is 0 Å². The van der Waals surface area contributed by atoms with Crippen molar-refractivity contribution in [3.8, 4) is 23.0 Å². The quantitative estimate of drug-likeness (QED) is 0.733. The predicted molar refractivity (Wildman–Crippen MR) is 70.3 cm³/mol. The van der Waals surface area contributed by atoms with E-state index < -0.39 is 0 Å². The van der Waals surface area contributed by atoms with Crippen LogP contribution in [0.5, 0.6) is 23.0 Å². The van der Waals surface area contributed by atoms with Gasteiger partial charge in [-0.15, -0.1) is 0 Å². The van der Waals surface area contributed by atoms with E-state index in [1.54, 1.807) is 30.3 Å². The van der Waals surface area contributed by atoms with Crippen molar-refractivity contribution in [2.24, 2.45) is 0 Å². The second kappa shape index (κ2) is 4.24. The summed E-state index contributed by atoms with van der Waals surface area (Å²) < 4.78 is 5.73. The molecule has 3 N–H and O–H groups in total. The van der Waals surface area contributed by atoms with Crippen molar-refractivity contribution in [2.45, 2.75) is 6.10 Å². The maximum atomic E-state index is 9.71. The van der Waals surface area contributed by atoms with E-state index in [4.69, 9.17) is 4.74 Å². The fraction of sp³-hybridized carbons (Fsp3) is 0.0667. The standard InChI is InChI=1S/C15H12O4/c16-10-3-1-9(2-4-10)14-6-5-12-13(18)7-11(17)8-15(12)19-14/h1-8,14,16-18H. The van der Waals surface area contributed by atoms with Gasteiger partial charge in [-0.3, -0.25) is 0 Å². The van der Waals surface area contributed by atoms with Crippen LogP contribution in [-0.2, 0) is 0 Å². The molecule has 0 aromatic heterocycles.